The summed E-state index contributed by atoms with van der Waals surface area (Å²) < 4.78 is 4.75. The van der Waals surface area contributed by atoms with E-state index in [0.29, 0.717) is 13.0 Å². The van der Waals surface area contributed by atoms with E-state index in [9.17, 15) is 9.90 Å². The van der Waals surface area contributed by atoms with Crippen molar-refractivity contribution in [2.24, 2.45) is 0 Å². The number of hydrogen-bond acceptors (Lipinski definition) is 3. The molecule has 0 saturated heterocycles. The number of ether oxygens (including phenoxy) is 1. The molecule has 0 rings (SSSR count). The minimum atomic E-state index is -0.294. The molecule has 0 amide bonds. The Morgan fingerprint density at radius 3 is 2.71 bits per heavy atom. The molecule has 0 saturated carbocycles. The minimum absolute atomic E-state index is 0.277. The van der Waals surface area contributed by atoms with Gasteiger partial charge in [-0.25, -0.2) is 4.79 Å². The van der Waals surface area contributed by atoms with Crippen LogP contribution in [0.1, 0.15) is 46.5 Å². The summed E-state index contributed by atoms with van der Waals surface area (Å²) in [6.45, 7) is 6.24. The van der Waals surface area contributed by atoms with Crippen molar-refractivity contribution in [1.29, 1.82) is 0 Å². The molecular formula is C14H24O3. The van der Waals surface area contributed by atoms with Crippen molar-refractivity contribution < 1.29 is 14.6 Å². The number of carbonyl (C=O) groups is 1. The minimum Gasteiger partial charge on any atom is -0.463 e. The quantitative estimate of drug-likeness (QED) is 0.307. The van der Waals surface area contributed by atoms with Crippen molar-refractivity contribution in [1.82, 2.24) is 0 Å². The lowest BCUT2D eigenvalue weighted by Gasteiger charge is -2.06. The first kappa shape index (κ1) is 15.9. The van der Waals surface area contributed by atoms with Gasteiger partial charge >= 0.3 is 5.97 Å². The lowest BCUT2D eigenvalue weighted by molar-refractivity contribution is -0.137. The van der Waals surface area contributed by atoms with Gasteiger partial charge in [0, 0.05) is 6.08 Å². The van der Waals surface area contributed by atoms with Gasteiger partial charge in [0.05, 0.1) is 12.7 Å². The van der Waals surface area contributed by atoms with Gasteiger partial charge in [-0.05, 0) is 46.5 Å². The summed E-state index contributed by atoms with van der Waals surface area (Å²) in [6, 6.07) is 0. The van der Waals surface area contributed by atoms with Crippen LogP contribution in [0.3, 0.4) is 0 Å². The second kappa shape index (κ2) is 10.1. The highest BCUT2D eigenvalue weighted by molar-refractivity contribution is 5.81. The van der Waals surface area contributed by atoms with E-state index in [1.54, 1.807) is 13.0 Å². The maximum atomic E-state index is 11.0. The number of rotatable bonds is 8. The summed E-state index contributed by atoms with van der Waals surface area (Å²) in [5, 5.41) is 9.63. The normalized spacial score (nSPS) is 12.5. The monoisotopic (exact) mass is 240 g/mol. The van der Waals surface area contributed by atoms with Crippen molar-refractivity contribution in [3.63, 3.8) is 0 Å². The summed E-state index contributed by atoms with van der Waals surface area (Å²) in [6.07, 6.45) is 8.16. The van der Waals surface area contributed by atoms with Gasteiger partial charge in [0.1, 0.15) is 0 Å². The number of unbranched alkanes of at least 4 members (excludes halogenated alkanes) is 1. The topological polar surface area (TPSA) is 46.5 Å². The van der Waals surface area contributed by atoms with Crippen LogP contribution in [0.2, 0.25) is 0 Å². The van der Waals surface area contributed by atoms with E-state index in [1.165, 1.54) is 11.6 Å². The molecular weight excluding hydrogens is 216 g/mol. The fourth-order valence-corrected chi connectivity index (χ4v) is 1.33. The number of hydrogen-bond donors (Lipinski definition) is 1. The van der Waals surface area contributed by atoms with Gasteiger partial charge in [-0.1, -0.05) is 17.7 Å². The first-order chi connectivity index (χ1) is 8.06. The Labute approximate surface area is 104 Å². The SMILES string of the molecule is CCOC(=O)/C=C/CCC[C@H](O)CC=C(C)C. The summed E-state index contributed by atoms with van der Waals surface area (Å²) in [5.74, 6) is -0.294. The highest BCUT2D eigenvalue weighted by Crippen LogP contribution is 2.07. The first-order valence-corrected chi connectivity index (χ1v) is 6.21. The molecule has 0 fully saturated rings. The Balaban J connectivity index is 3.57. The maximum absolute atomic E-state index is 11.0. The molecule has 0 aliphatic rings. The lowest BCUT2D eigenvalue weighted by Crippen LogP contribution is -2.04. The molecule has 0 aromatic heterocycles. The molecule has 3 heteroatoms. The standard InChI is InChI=1S/C14H24O3/c1-4-17-14(16)9-7-5-6-8-13(15)11-10-12(2)3/h7,9-10,13,15H,4-6,8,11H2,1-3H3/b9-7+/t13-/m0/s1. The molecule has 17 heavy (non-hydrogen) atoms. The summed E-state index contributed by atoms with van der Waals surface area (Å²) in [7, 11) is 0. The van der Waals surface area contributed by atoms with Gasteiger partial charge < -0.3 is 9.84 Å². The fourth-order valence-electron chi connectivity index (χ4n) is 1.33. The summed E-state index contributed by atoms with van der Waals surface area (Å²) >= 11 is 0. The van der Waals surface area contributed by atoms with Crippen molar-refractivity contribution in [2.45, 2.75) is 52.6 Å². The molecule has 0 aromatic rings. The van der Waals surface area contributed by atoms with Gasteiger partial charge in [0.2, 0.25) is 0 Å². The van der Waals surface area contributed by atoms with Crippen LogP contribution in [0, 0.1) is 0 Å². The number of carbonyl (C=O) groups excluding carboxylic acids is 1. The number of esters is 1. The fraction of sp³-hybridized carbons (Fsp3) is 0.643. The van der Waals surface area contributed by atoms with E-state index in [1.807, 2.05) is 19.9 Å². The van der Waals surface area contributed by atoms with Crippen LogP contribution in [-0.2, 0) is 9.53 Å². The molecule has 0 bridgehead atoms. The molecule has 0 aliphatic carbocycles. The van der Waals surface area contributed by atoms with E-state index in [0.717, 1.165) is 19.3 Å². The largest absolute Gasteiger partial charge is 0.463 e. The second-order valence-electron chi connectivity index (χ2n) is 4.26. The van der Waals surface area contributed by atoms with Crippen molar-refractivity contribution in [3.8, 4) is 0 Å². The third-order valence-corrected chi connectivity index (χ3v) is 2.25. The zero-order chi connectivity index (χ0) is 13.1. The van der Waals surface area contributed by atoms with Gasteiger partial charge in [0.15, 0.2) is 0 Å². The predicted molar refractivity (Wildman–Crippen MR) is 69.7 cm³/mol. The molecule has 1 atom stereocenters. The second-order valence-corrected chi connectivity index (χ2v) is 4.26. The Bertz CT molecular complexity index is 263. The summed E-state index contributed by atoms with van der Waals surface area (Å²) in [4.78, 5) is 11.0. The van der Waals surface area contributed by atoms with E-state index in [4.69, 9.17) is 4.74 Å². The van der Waals surface area contributed by atoms with Crippen LogP contribution in [0.5, 0.6) is 0 Å². The molecule has 3 nitrogen and oxygen atoms in total. The predicted octanol–water partition coefficient (Wildman–Crippen LogP) is 2.99. The van der Waals surface area contributed by atoms with Gasteiger partial charge in [-0.15, -0.1) is 0 Å². The first-order valence-electron chi connectivity index (χ1n) is 6.21. The molecule has 0 aliphatic heterocycles. The van der Waals surface area contributed by atoms with Gasteiger partial charge in [-0.3, -0.25) is 0 Å². The Kier molecular flexibility index (Phi) is 9.44. The van der Waals surface area contributed by atoms with Crippen LogP contribution in [-0.4, -0.2) is 23.8 Å². The van der Waals surface area contributed by atoms with E-state index < -0.39 is 0 Å². The van der Waals surface area contributed by atoms with Crippen LogP contribution in [0.4, 0.5) is 0 Å². The molecule has 0 unspecified atom stereocenters. The molecule has 98 valence electrons. The third-order valence-electron chi connectivity index (χ3n) is 2.25. The number of aliphatic hydroxyl groups excluding tert-OH is 1. The highest BCUT2D eigenvalue weighted by atomic mass is 16.5. The highest BCUT2D eigenvalue weighted by Gasteiger charge is 2.00. The van der Waals surface area contributed by atoms with Crippen LogP contribution < -0.4 is 0 Å². The molecule has 0 radical (unpaired) electrons. The summed E-state index contributed by atoms with van der Waals surface area (Å²) in [5.41, 5.74) is 1.23. The van der Waals surface area contributed by atoms with Crippen molar-refractivity contribution in [3.05, 3.63) is 23.8 Å². The van der Waals surface area contributed by atoms with Crippen molar-refractivity contribution >= 4 is 5.97 Å². The van der Waals surface area contributed by atoms with Crippen LogP contribution in [0.25, 0.3) is 0 Å². The van der Waals surface area contributed by atoms with E-state index in [2.05, 4.69) is 0 Å². The van der Waals surface area contributed by atoms with E-state index in [-0.39, 0.29) is 12.1 Å². The Morgan fingerprint density at radius 1 is 1.41 bits per heavy atom. The number of allylic oxidation sites excluding steroid dienone is 2. The molecule has 0 spiro atoms. The molecule has 0 aromatic carbocycles. The average molecular weight is 240 g/mol. The smallest absolute Gasteiger partial charge is 0.330 e. The average Bonchev–Trinajstić information content (AvgIpc) is 2.26. The zero-order valence-corrected chi connectivity index (χ0v) is 11.1. The zero-order valence-electron chi connectivity index (χ0n) is 11.1. The van der Waals surface area contributed by atoms with Crippen LogP contribution in [0.15, 0.2) is 23.8 Å². The number of aliphatic hydroxyl groups is 1. The maximum Gasteiger partial charge on any atom is 0.330 e. The Morgan fingerprint density at radius 2 is 2.12 bits per heavy atom. The van der Waals surface area contributed by atoms with Gasteiger partial charge in [-0.2, -0.15) is 0 Å². The lowest BCUT2D eigenvalue weighted by atomic mass is 10.1. The van der Waals surface area contributed by atoms with Gasteiger partial charge in [0.25, 0.3) is 0 Å². The van der Waals surface area contributed by atoms with Crippen LogP contribution >= 0.6 is 0 Å². The Hall–Kier alpha value is -1.09. The third kappa shape index (κ3) is 11.2. The van der Waals surface area contributed by atoms with Crippen molar-refractivity contribution in [2.75, 3.05) is 6.61 Å². The van der Waals surface area contributed by atoms with E-state index >= 15 is 0 Å². The molecule has 1 N–H and O–H groups in total. The molecule has 0 heterocycles.